The lowest BCUT2D eigenvalue weighted by atomic mass is 10.0. The summed E-state index contributed by atoms with van der Waals surface area (Å²) in [6.45, 7) is 4.82. The van der Waals surface area contributed by atoms with Crippen LogP contribution in [0.5, 0.6) is 0 Å². The van der Waals surface area contributed by atoms with Crippen molar-refractivity contribution in [2.45, 2.75) is 0 Å². The maximum Gasteiger partial charge on any atom is 0.236 e. The van der Waals surface area contributed by atoms with Crippen molar-refractivity contribution in [1.29, 1.82) is 0 Å². The van der Waals surface area contributed by atoms with E-state index in [1.807, 2.05) is 23.9 Å². The molecule has 2 aliphatic heterocycles. The van der Waals surface area contributed by atoms with Gasteiger partial charge in [0.1, 0.15) is 0 Å². The molecule has 0 aromatic carbocycles. The number of likely N-dealkylation sites (N-methyl/N-ethyl adjacent to an activating group) is 1. The van der Waals surface area contributed by atoms with Gasteiger partial charge in [-0.15, -0.1) is 0 Å². The molecule has 1 amide bonds. The van der Waals surface area contributed by atoms with E-state index in [1.165, 1.54) is 0 Å². The zero-order valence-electron chi connectivity index (χ0n) is 9.94. The Morgan fingerprint density at radius 1 is 1.20 bits per heavy atom. The molecule has 1 unspecified atom stereocenters. The standard InChI is InChI=1S/C11H21N3O/c1-12(2)8-11(15)14-6-9-4-13(3)5-10(9)7-14/h9-10H,4-8H2,1-3H3/t9-,10?/m0/s1. The van der Waals surface area contributed by atoms with Crippen LogP contribution in [0.25, 0.3) is 0 Å². The predicted octanol–water partition coefficient (Wildman–Crippen LogP) is -0.432. The SMILES string of the molecule is CN(C)CC(=O)N1CC2CN(C)C[C@H]2C1. The van der Waals surface area contributed by atoms with Crippen LogP contribution in [0.15, 0.2) is 0 Å². The monoisotopic (exact) mass is 211 g/mol. The van der Waals surface area contributed by atoms with Gasteiger partial charge in [-0.1, -0.05) is 0 Å². The second-order valence-electron chi connectivity index (χ2n) is 5.28. The molecule has 0 N–H and O–H groups in total. The summed E-state index contributed by atoms with van der Waals surface area (Å²) in [5, 5.41) is 0. The summed E-state index contributed by atoms with van der Waals surface area (Å²) in [4.78, 5) is 18.2. The van der Waals surface area contributed by atoms with Crippen molar-refractivity contribution in [2.24, 2.45) is 11.8 Å². The van der Waals surface area contributed by atoms with Crippen LogP contribution in [0, 0.1) is 11.8 Å². The number of hydrogen-bond donors (Lipinski definition) is 0. The Hall–Kier alpha value is -0.610. The minimum Gasteiger partial charge on any atom is -0.341 e. The molecule has 2 atom stereocenters. The summed E-state index contributed by atoms with van der Waals surface area (Å²) in [6, 6.07) is 0. The largest absolute Gasteiger partial charge is 0.341 e. The summed E-state index contributed by atoms with van der Waals surface area (Å²) in [6.07, 6.45) is 0. The number of rotatable bonds is 2. The van der Waals surface area contributed by atoms with E-state index in [-0.39, 0.29) is 5.91 Å². The molecule has 0 aromatic rings. The third-order valence-corrected chi connectivity index (χ3v) is 3.47. The van der Waals surface area contributed by atoms with Gasteiger partial charge in [-0.3, -0.25) is 4.79 Å². The van der Waals surface area contributed by atoms with Crippen molar-refractivity contribution in [3.8, 4) is 0 Å². The molecule has 0 radical (unpaired) electrons. The quantitative estimate of drug-likeness (QED) is 0.620. The Morgan fingerprint density at radius 3 is 2.20 bits per heavy atom. The molecule has 4 nitrogen and oxygen atoms in total. The average Bonchev–Trinajstić information content (AvgIpc) is 2.58. The highest BCUT2D eigenvalue weighted by molar-refractivity contribution is 5.78. The molecule has 2 rings (SSSR count). The van der Waals surface area contributed by atoms with E-state index in [0.29, 0.717) is 6.54 Å². The topological polar surface area (TPSA) is 26.8 Å². The van der Waals surface area contributed by atoms with Gasteiger partial charge in [0.15, 0.2) is 0 Å². The van der Waals surface area contributed by atoms with Crippen LogP contribution in [-0.4, -0.2) is 74.5 Å². The molecule has 15 heavy (non-hydrogen) atoms. The van der Waals surface area contributed by atoms with E-state index >= 15 is 0 Å². The number of carbonyl (C=O) groups is 1. The maximum atomic E-state index is 11.8. The van der Waals surface area contributed by atoms with Crippen molar-refractivity contribution in [3.05, 3.63) is 0 Å². The first-order chi connectivity index (χ1) is 7.06. The average molecular weight is 211 g/mol. The Bertz CT molecular complexity index is 240. The van der Waals surface area contributed by atoms with Gasteiger partial charge in [0.2, 0.25) is 5.91 Å². The zero-order valence-corrected chi connectivity index (χ0v) is 9.94. The van der Waals surface area contributed by atoms with Gasteiger partial charge in [0.25, 0.3) is 0 Å². The van der Waals surface area contributed by atoms with Crippen molar-refractivity contribution < 1.29 is 4.79 Å². The normalized spacial score (nSPS) is 31.3. The van der Waals surface area contributed by atoms with Gasteiger partial charge in [-0.2, -0.15) is 0 Å². The van der Waals surface area contributed by atoms with Gasteiger partial charge < -0.3 is 14.7 Å². The van der Waals surface area contributed by atoms with E-state index in [2.05, 4.69) is 11.9 Å². The number of likely N-dealkylation sites (tertiary alicyclic amines) is 2. The fraction of sp³-hybridized carbons (Fsp3) is 0.909. The lowest BCUT2D eigenvalue weighted by Crippen LogP contribution is -2.38. The molecule has 2 saturated heterocycles. The van der Waals surface area contributed by atoms with Crippen LogP contribution in [0.1, 0.15) is 0 Å². The summed E-state index contributed by atoms with van der Waals surface area (Å²) in [7, 11) is 6.06. The highest BCUT2D eigenvalue weighted by atomic mass is 16.2. The Morgan fingerprint density at radius 2 is 1.73 bits per heavy atom. The Balaban J connectivity index is 1.86. The third-order valence-electron chi connectivity index (χ3n) is 3.47. The van der Waals surface area contributed by atoms with Crippen molar-refractivity contribution in [1.82, 2.24) is 14.7 Å². The first-order valence-electron chi connectivity index (χ1n) is 5.67. The minimum atomic E-state index is 0.289. The molecule has 0 aromatic heterocycles. The smallest absolute Gasteiger partial charge is 0.236 e. The number of hydrogen-bond acceptors (Lipinski definition) is 3. The molecule has 86 valence electrons. The molecule has 0 spiro atoms. The Labute approximate surface area is 91.8 Å². The maximum absolute atomic E-state index is 11.8. The highest BCUT2D eigenvalue weighted by Crippen LogP contribution is 2.29. The first-order valence-corrected chi connectivity index (χ1v) is 5.67. The van der Waals surface area contributed by atoms with Crippen molar-refractivity contribution in [3.63, 3.8) is 0 Å². The number of amides is 1. The van der Waals surface area contributed by atoms with E-state index in [9.17, 15) is 4.79 Å². The molecule has 2 aliphatic rings. The van der Waals surface area contributed by atoms with Gasteiger partial charge in [-0.25, -0.2) is 0 Å². The van der Waals surface area contributed by atoms with E-state index < -0.39 is 0 Å². The Kier molecular flexibility index (Phi) is 2.98. The molecule has 0 bridgehead atoms. The summed E-state index contributed by atoms with van der Waals surface area (Å²) < 4.78 is 0. The van der Waals surface area contributed by atoms with Crippen LogP contribution in [0.2, 0.25) is 0 Å². The lowest BCUT2D eigenvalue weighted by molar-refractivity contribution is -0.131. The van der Waals surface area contributed by atoms with Gasteiger partial charge in [0.05, 0.1) is 6.54 Å². The molecule has 0 aliphatic carbocycles. The minimum absolute atomic E-state index is 0.289. The number of nitrogens with zero attached hydrogens (tertiary/aromatic N) is 3. The van der Waals surface area contributed by atoms with Crippen molar-refractivity contribution >= 4 is 5.91 Å². The van der Waals surface area contributed by atoms with Crippen LogP contribution in [0.4, 0.5) is 0 Å². The number of fused-ring (bicyclic) bond motifs is 1. The van der Waals surface area contributed by atoms with Crippen LogP contribution >= 0.6 is 0 Å². The second kappa shape index (κ2) is 4.10. The van der Waals surface area contributed by atoms with E-state index in [0.717, 1.165) is 38.0 Å². The first kappa shape index (κ1) is 10.9. The summed E-state index contributed by atoms with van der Waals surface area (Å²) in [5.74, 6) is 1.74. The van der Waals surface area contributed by atoms with E-state index in [4.69, 9.17) is 0 Å². The van der Waals surface area contributed by atoms with Gasteiger partial charge in [-0.05, 0) is 33.0 Å². The van der Waals surface area contributed by atoms with Crippen LogP contribution in [0.3, 0.4) is 0 Å². The number of carbonyl (C=O) groups excluding carboxylic acids is 1. The van der Waals surface area contributed by atoms with Crippen LogP contribution < -0.4 is 0 Å². The second-order valence-corrected chi connectivity index (χ2v) is 5.28. The zero-order chi connectivity index (χ0) is 11.0. The molecule has 2 heterocycles. The molecular formula is C11H21N3O. The van der Waals surface area contributed by atoms with Crippen molar-refractivity contribution in [2.75, 3.05) is 53.9 Å². The van der Waals surface area contributed by atoms with E-state index in [1.54, 1.807) is 0 Å². The van der Waals surface area contributed by atoms with Gasteiger partial charge >= 0.3 is 0 Å². The van der Waals surface area contributed by atoms with Crippen LogP contribution in [-0.2, 0) is 4.79 Å². The molecule has 0 saturated carbocycles. The lowest BCUT2D eigenvalue weighted by Gasteiger charge is -2.21. The summed E-state index contributed by atoms with van der Waals surface area (Å²) in [5.41, 5.74) is 0. The predicted molar refractivity (Wildman–Crippen MR) is 59.6 cm³/mol. The third kappa shape index (κ3) is 2.32. The fourth-order valence-electron chi connectivity index (χ4n) is 2.80. The van der Waals surface area contributed by atoms with Gasteiger partial charge in [0, 0.05) is 26.2 Å². The summed E-state index contributed by atoms with van der Waals surface area (Å²) >= 11 is 0. The fourth-order valence-corrected chi connectivity index (χ4v) is 2.80. The molecule has 4 heteroatoms. The highest BCUT2D eigenvalue weighted by Gasteiger charge is 2.40. The molecular weight excluding hydrogens is 190 g/mol. The molecule has 2 fully saturated rings.